The number of carbonyl (C=O) groups excluding carboxylic acids is 1. The SMILES string of the molecule is CCCS(=O)(=O)N1CCN(C(=O)c2ccn(C)c2)CC1. The van der Waals surface area contributed by atoms with Crippen molar-refractivity contribution in [3.8, 4) is 0 Å². The molecular weight excluding hydrogens is 278 g/mol. The van der Waals surface area contributed by atoms with E-state index in [1.54, 1.807) is 17.2 Å². The Morgan fingerprint density at radius 3 is 2.40 bits per heavy atom. The number of rotatable bonds is 4. The van der Waals surface area contributed by atoms with Gasteiger partial charge in [0.15, 0.2) is 0 Å². The van der Waals surface area contributed by atoms with E-state index >= 15 is 0 Å². The molecule has 1 aliphatic rings. The van der Waals surface area contributed by atoms with Crippen LogP contribution in [0, 0.1) is 0 Å². The first-order valence-electron chi connectivity index (χ1n) is 6.83. The molecule has 1 aliphatic heterocycles. The topological polar surface area (TPSA) is 62.6 Å². The molecule has 20 heavy (non-hydrogen) atoms. The molecular formula is C13H21N3O3S. The second kappa shape index (κ2) is 5.97. The first-order chi connectivity index (χ1) is 9.44. The summed E-state index contributed by atoms with van der Waals surface area (Å²) >= 11 is 0. The molecule has 0 atom stereocenters. The van der Waals surface area contributed by atoms with Gasteiger partial charge in [0.2, 0.25) is 10.0 Å². The summed E-state index contributed by atoms with van der Waals surface area (Å²) in [6, 6.07) is 1.78. The fraction of sp³-hybridized carbons (Fsp3) is 0.615. The smallest absolute Gasteiger partial charge is 0.255 e. The number of hydrogen-bond donors (Lipinski definition) is 0. The quantitative estimate of drug-likeness (QED) is 0.814. The molecule has 0 unspecified atom stereocenters. The molecule has 0 bridgehead atoms. The Kier molecular flexibility index (Phi) is 4.49. The first kappa shape index (κ1) is 15.1. The summed E-state index contributed by atoms with van der Waals surface area (Å²) in [5.41, 5.74) is 0.650. The van der Waals surface area contributed by atoms with Crippen LogP contribution in [0.25, 0.3) is 0 Å². The van der Waals surface area contributed by atoms with Gasteiger partial charge in [-0.05, 0) is 12.5 Å². The lowest BCUT2D eigenvalue weighted by Crippen LogP contribution is -2.51. The van der Waals surface area contributed by atoms with E-state index in [9.17, 15) is 13.2 Å². The Morgan fingerprint density at radius 2 is 1.90 bits per heavy atom. The van der Waals surface area contributed by atoms with Crippen LogP contribution in [0.15, 0.2) is 18.5 Å². The van der Waals surface area contributed by atoms with Crippen molar-refractivity contribution >= 4 is 15.9 Å². The summed E-state index contributed by atoms with van der Waals surface area (Å²) < 4.78 is 27.2. The van der Waals surface area contributed by atoms with Gasteiger partial charge in [0.25, 0.3) is 5.91 Å². The molecule has 0 N–H and O–H groups in total. The molecule has 7 heteroatoms. The average molecular weight is 299 g/mol. The van der Waals surface area contributed by atoms with Crippen molar-refractivity contribution in [3.05, 3.63) is 24.0 Å². The van der Waals surface area contributed by atoms with Gasteiger partial charge in [0.05, 0.1) is 11.3 Å². The Balaban J connectivity index is 1.96. The summed E-state index contributed by atoms with van der Waals surface area (Å²) in [6.07, 6.45) is 4.23. The molecule has 1 fully saturated rings. The number of amides is 1. The standard InChI is InChI=1S/C13H21N3O3S/c1-3-10-20(18,19)16-8-6-15(7-9-16)13(17)12-4-5-14(2)11-12/h4-5,11H,3,6-10H2,1-2H3. The highest BCUT2D eigenvalue weighted by Crippen LogP contribution is 2.12. The van der Waals surface area contributed by atoms with E-state index in [1.165, 1.54) is 4.31 Å². The zero-order valence-corrected chi connectivity index (χ0v) is 12.8. The lowest BCUT2D eigenvalue weighted by atomic mass is 10.2. The minimum Gasteiger partial charge on any atom is -0.356 e. The van der Waals surface area contributed by atoms with Gasteiger partial charge < -0.3 is 9.47 Å². The molecule has 6 nitrogen and oxygen atoms in total. The van der Waals surface area contributed by atoms with Crippen molar-refractivity contribution in [2.45, 2.75) is 13.3 Å². The van der Waals surface area contributed by atoms with Crippen molar-refractivity contribution in [3.63, 3.8) is 0 Å². The largest absolute Gasteiger partial charge is 0.356 e. The van der Waals surface area contributed by atoms with E-state index in [2.05, 4.69) is 0 Å². The number of nitrogens with zero attached hydrogens (tertiary/aromatic N) is 3. The van der Waals surface area contributed by atoms with Gasteiger partial charge in [-0.15, -0.1) is 0 Å². The fourth-order valence-electron chi connectivity index (χ4n) is 2.37. The summed E-state index contributed by atoms with van der Waals surface area (Å²) in [6.45, 7) is 3.54. The molecule has 1 saturated heterocycles. The number of aromatic nitrogens is 1. The third kappa shape index (κ3) is 3.21. The molecule has 0 spiro atoms. The number of carbonyl (C=O) groups is 1. The zero-order valence-electron chi connectivity index (χ0n) is 11.9. The molecule has 2 heterocycles. The van der Waals surface area contributed by atoms with E-state index in [0.717, 1.165) is 0 Å². The maximum atomic E-state index is 12.2. The normalized spacial score (nSPS) is 17.4. The van der Waals surface area contributed by atoms with Gasteiger partial charge >= 0.3 is 0 Å². The minimum absolute atomic E-state index is 0.0295. The molecule has 1 aromatic rings. The Labute approximate surface area is 120 Å². The number of sulfonamides is 1. The molecule has 0 aliphatic carbocycles. The molecule has 112 valence electrons. The third-order valence-electron chi connectivity index (χ3n) is 3.46. The fourth-order valence-corrected chi connectivity index (χ4v) is 3.86. The average Bonchev–Trinajstić information content (AvgIpc) is 2.85. The Morgan fingerprint density at radius 1 is 1.25 bits per heavy atom. The maximum Gasteiger partial charge on any atom is 0.255 e. The van der Waals surface area contributed by atoms with Crippen molar-refractivity contribution in [1.82, 2.24) is 13.8 Å². The number of aryl methyl sites for hydroxylation is 1. The van der Waals surface area contributed by atoms with Gasteiger partial charge in [-0.2, -0.15) is 4.31 Å². The highest BCUT2D eigenvalue weighted by Gasteiger charge is 2.28. The first-order valence-corrected chi connectivity index (χ1v) is 8.44. The Bertz CT molecular complexity index is 571. The van der Waals surface area contributed by atoms with Crippen LogP contribution in [0.2, 0.25) is 0 Å². The predicted molar refractivity (Wildman–Crippen MR) is 77.0 cm³/mol. The Hall–Kier alpha value is -1.34. The van der Waals surface area contributed by atoms with Crippen LogP contribution in [0.3, 0.4) is 0 Å². The highest BCUT2D eigenvalue weighted by atomic mass is 32.2. The van der Waals surface area contributed by atoms with E-state index in [-0.39, 0.29) is 11.7 Å². The van der Waals surface area contributed by atoms with Gasteiger partial charge in [-0.3, -0.25) is 4.79 Å². The van der Waals surface area contributed by atoms with Crippen LogP contribution in [0.5, 0.6) is 0 Å². The lowest BCUT2D eigenvalue weighted by molar-refractivity contribution is 0.0698. The van der Waals surface area contributed by atoms with Crippen molar-refractivity contribution in [2.24, 2.45) is 7.05 Å². The van der Waals surface area contributed by atoms with Crippen LogP contribution in [0.4, 0.5) is 0 Å². The van der Waals surface area contributed by atoms with E-state index in [4.69, 9.17) is 0 Å². The van der Waals surface area contributed by atoms with Crippen LogP contribution in [-0.2, 0) is 17.1 Å². The van der Waals surface area contributed by atoms with Gasteiger partial charge in [0.1, 0.15) is 0 Å². The zero-order chi connectivity index (χ0) is 14.8. The monoisotopic (exact) mass is 299 g/mol. The highest BCUT2D eigenvalue weighted by molar-refractivity contribution is 7.89. The van der Waals surface area contributed by atoms with Crippen molar-refractivity contribution in [2.75, 3.05) is 31.9 Å². The molecule has 0 aromatic carbocycles. The van der Waals surface area contributed by atoms with Crippen LogP contribution < -0.4 is 0 Å². The summed E-state index contributed by atoms with van der Waals surface area (Å²) in [7, 11) is -1.28. The predicted octanol–water partition coefficient (Wildman–Crippen LogP) is 0.523. The second-order valence-corrected chi connectivity index (χ2v) is 7.16. The molecule has 1 amide bonds. The number of piperazine rings is 1. The second-order valence-electron chi connectivity index (χ2n) is 5.07. The number of hydrogen-bond acceptors (Lipinski definition) is 3. The molecule has 0 radical (unpaired) electrons. The van der Waals surface area contributed by atoms with Crippen LogP contribution >= 0.6 is 0 Å². The van der Waals surface area contributed by atoms with E-state index < -0.39 is 10.0 Å². The van der Waals surface area contributed by atoms with E-state index in [0.29, 0.717) is 38.2 Å². The van der Waals surface area contributed by atoms with Crippen LogP contribution in [-0.4, -0.2) is 60.0 Å². The van der Waals surface area contributed by atoms with Gasteiger partial charge in [0, 0.05) is 45.6 Å². The lowest BCUT2D eigenvalue weighted by Gasteiger charge is -2.33. The van der Waals surface area contributed by atoms with Crippen LogP contribution in [0.1, 0.15) is 23.7 Å². The summed E-state index contributed by atoms with van der Waals surface area (Å²) in [5.74, 6) is 0.151. The van der Waals surface area contributed by atoms with Gasteiger partial charge in [-0.25, -0.2) is 8.42 Å². The molecule has 1 aromatic heterocycles. The van der Waals surface area contributed by atoms with Crippen molar-refractivity contribution in [1.29, 1.82) is 0 Å². The summed E-state index contributed by atoms with van der Waals surface area (Å²) in [5, 5.41) is 0. The van der Waals surface area contributed by atoms with Crippen molar-refractivity contribution < 1.29 is 13.2 Å². The molecule has 2 rings (SSSR count). The summed E-state index contributed by atoms with van der Waals surface area (Å²) in [4.78, 5) is 14.0. The third-order valence-corrected chi connectivity index (χ3v) is 5.54. The van der Waals surface area contributed by atoms with E-state index in [1.807, 2.05) is 24.7 Å². The maximum absolute atomic E-state index is 12.2. The minimum atomic E-state index is -3.15. The van der Waals surface area contributed by atoms with Gasteiger partial charge in [-0.1, -0.05) is 6.92 Å². The molecule has 0 saturated carbocycles.